The van der Waals surface area contributed by atoms with Crippen LogP contribution in [0.25, 0.3) is 0 Å². The number of nitrogens with one attached hydrogen (secondary N) is 1. The molecule has 0 bridgehead atoms. The van der Waals surface area contributed by atoms with Crippen LogP contribution in [0.1, 0.15) is 24.5 Å². The van der Waals surface area contributed by atoms with Gasteiger partial charge in [-0.3, -0.25) is 9.97 Å². The van der Waals surface area contributed by atoms with E-state index in [1.807, 2.05) is 18.6 Å². The molecule has 2 aromatic rings. The second-order valence-corrected chi connectivity index (χ2v) is 5.56. The monoisotopic (exact) mass is 355 g/mol. The Morgan fingerprint density at radius 2 is 1.83 bits per heavy atom. The van der Waals surface area contributed by atoms with Gasteiger partial charge in [0.1, 0.15) is 11.9 Å². The minimum absolute atomic E-state index is 0. The van der Waals surface area contributed by atoms with Gasteiger partial charge in [0.2, 0.25) is 0 Å². The zero-order valence-electron chi connectivity index (χ0n) is 13.1. The lowest BCUT2D eigenvalue weighted by Gasteiger charge is -2.33. The largest absolute Gasteiger partial charge is 0.487 e. The second-order valence-electron chi connectivity index (χ2n) is 5.56. The molecule has 3 heterocycles. The fraction of sp³-hybridized carbons (Fsp3) is 0.412. The zero-order valence-corrected chi connectivity index (χ0v) is 14.8. The van der Waals surface area contributed by atoms with Crippen molar-refractivity contribution in [2.75, 3.05) is 6.54 Å². The van der Waals surface area contributed by atoms with Crippen molar-refractivity contribution in [1.82, 2.24) is 15.3 Å². The molecule has 23 heavy (non-hydrogen) atoms. The number of hydrogen-bond acceptors (Lipinski definition) is 4. The number of aryl methyl sites for hydroxylation is 2. The van der Waals surface area contributed by atoms with Gasteiger partial charge in [0, 0.05) is 24.6 Å². The minimum Gasteiger partial charge on any atom is -0.487 e. The molecule has 1 N–H and O–H groups in total. The lowest BCUT2D eigenvalue weighted by atomic mass is 10.0. The van der Waals surface area contributed by atoms with Crippen molar-refractivity contribution >= 4 is 24.8 Å². The summed E-state index contributed by atoms with van der Waals surface area (Å²) in [7, 11) is 0. The summed E-state index contributed by atoms with van der Waals surface area (Å²) < 4.78 is 5.98. The van der Waals surface area contributed by atoms with E-state index >= 15 is 0 Å². The van der Waals surface area contributed by atoms with Gasteiger partial charge in [-0.2, -0.15) is 0 Å². The van der Waals surface area contributed by atoms with E-state index in [9.17, 15) is 0 Å². The van der Waals surface area contributed by atoms with Crippen molar-refractivity contribution < 1.29 is 4.74 Å². The number of pyridine rings is 2. The van der Waals surface area contributed by atoms with Crippen LogP contribution in [0, 0.1) is 0 Å². The highest BCUT2D eigenvalue weighted by molar-refractivity contribution is 5.85. The normalized spacial score (nSPS) is 17.2. The van der Waals surface area contributed by atoms with Crippen molar-refractivity contribution in [3.63, 3.8) is 0 Å². The molecular formula is C17H23Cl2N3O. The molecule has 0 radical (unpaired) electrons. The maximum atomic E-state index is 5.98. The Balaban J connectivity index is 0.00000132. The van der Waals surface area contributed by atoms with E-state index in [1.54, 1.807) is 6.20 Å². The lowest BCUT2D eigenvalue weighted by molar-refractivity contribution is 0.133. The van der Waals surface area contributed by atoms with Crippen LogP contribution in [0.5, 0.6) is 5.75 Å². The molecule has 0 saturated carbocycles. The van der Waals surface area contributed by atoms with Gasteiger partial charge in [0.25, 0.3) is 0 Å². The van der Waals surface area contributed by atoms with Gasteiger partial charge >= 0.3 is 0 Å². The third kappa shape index (κ3) is 5.65. The number of aromatic nitrogens is 2. The molecule has 2 atom stereocenters. The Kier molecular flexibility index (Phi) is 8.31. The SMILES string of the molecule is CC(Oc1cncc(CCc2ccncc2)c1)[C@@H]1CCN1.Cl.Cl. The van der Waals surface area contributed by atoms with Crippen molar-refractivity contribution in [3.8, 4) is 5.75 Å². The maximum Gasteiger partial charge on any atom is 0.138 e. The van der Waals surface area contributed by atoms with E-state index in [-0.39, 0.29) is 30.9 Å². The average Bonchev–Trinajstić information content (AvgIpc) is 2.45. The van der Waals surface area contributed by atoms with Crippen molar-refractivity contribution in [2.45, 2.75) is 38.3 Å². The quantitative estimate of drug-likeness (QED) is 0.863. The number of rotatable bonds is 6. The number of nitrogens with zero attached hydrogens (tertiary/aromatic N) is 2. The summed E-state index contributed by atoms with van der Waals surface area (Å²) >= 11 is 0. The van der Waals surface area contributed by atoms with Crippen LogP contribution in [0.15, 0.2) is 43.0 Å². The molecule has 126 valence electrons. The Labute approximate surface area is 149 Å². The van der Waals surface area contributed by atoms with Gasteiger partial charge < -0.3 is 10.1 Å². The molecule has 0 spiro atoms. The summed E-state index contributed by atoms with van der Waals surface area (Å²) in [6.07, 6.45) is 10.7. The van der Waals surface area contributed by atoms with Crippen molar-refractivity contribution in [2.24, 2.45) is 0 Å². The summed E-state index contributed by atoms with van der Waals surface area (Å²) in [6, 6.07) is 6.69. The molecule has 1 aliphatic heterocycles. The van der Waals surface area contributed by atoms with Gasteiger partial charge in [0.15, 0.2) is 0 Å². The Bertz CT molecular complexity index is 579. The summed E-state index contributed by atoms with van der Waals surface area (Å²) in [5, 5.41) is 3.38. The van der Waals surface area contributed by atoms with Gasteiger partial charge in [-0.25, -0.2) is 0 Å². The standard InChI is InChI=1S/C17H21N3O.2ClH/c1-13(17-6-9-20-17)21-16-10-15(11-19-12-16)3-2-14-4-7-18-8-5-14;;/h4-5,7-8,10-13,17,20H,2-3,6,9H2,1H3;2*1H/t13?,17-;;/m0../s1. The summed E-state index contributed by atoms with van der Waals surface area (Å²) in [5.41, 5.74) is 2.50. The Morgan fingerprint density at radius 3 is 2.48 bits per heavy atom. The molecule has 6 heteroatoms. The van der Waals surface area contributed by atoms with E-state index in [1.165, 1.54) is 17.5 Å². The first-order valence-corrected chi connectivity index (χ1v) is 7.54. The highest BCUT2D eigenvalue weighted by atomic mass is 35.5. The fourth-order valence-corrected chi connectivity index (χ4v) is 2.51. The van der Waals surface area contributed by atoms with Crippen LogP contribution < -0.4 is 10.1 Å². The first-order valence-electron chi connectivity index (χ1n) is 7.54. The minimum atomic E-state index is 0. The van der Waals surface area contributed by atoms with Gasteiger partial charge in [-0.1, -0.05) is 0 Å². The van der Waals surface area contributed by atoms with Gasteiger partial charge in [0.05, 0.1) is 6.20 Å². The molecule has 0 aromatic carbocycles. The van der Waals surface area contributed by atoms with Gasteiger partial charge in [-0.15, -0.1) is 24.8 Å². The topological polar surface area (TPSA) is 47.0 Å². The first-order chi connectivity index (χ1) is 10.3. The fourth-order valence-electron chi connectivity index (χ4n) is 2.51. The molecular weight excluding hydrogens is 333 g/mol. The maximum absolute atomic E-state index is 5.98. The summed E-state index contributed by atoms with van der Waals surface area (Å²) in [5.74, 6) is 0.864. The molecule has 1 saturated heterocycles. The highest BCUT2D eigenvalue weighted by Crippen LogP contribution is 2.18. The number of halogens is 2. The third-order valence-corrected chi connectivity index (χ3v) is 3.97. The Hall–Kier alpha value is -1.36. The van der Waals surface area contributed by atoms with Crippen LogP contribution in [-0.4, -0.2) is 28.7 Å². The predicted octanol–water partition coefficient (Wildman–Crippen LogP) is 3.23. The van der Waals surface area contributed by atoms with Crippen LogP contribution >= 0.6 is 24.8 Å². The molecule has 2 aromatic heterocycles. The highest BCUT2D eigenvalue weighted by Gasteiger charge is 2.24. The third-order valence-electron chi connectivity index (χ3n) is 3.97. The average molecular weight is 356 g/mol. The van der Waals surface area contributed by atoms with E-state index in [2.05, 4.69) is 40.4 Å². The molecule has 0 aliphatic carbocycles. The van der Waals surface area contributed by atoms with E-state index in [0.717, 1.165) is 25.1 Å². The smallest absolute Gasteiger partial charge is 0.138 e. The Morgan fingerprint density at radius 1 is 1.13 bits per heavy atom. The number of hydrogen-bond donors (Lipinski definition) is 1. The molecule has 1 fully saturated rings. The summed E-state index contributed by atoms with van der Waals surface area (Å²) in [6.45, 7) is 3.21. The molecule has 1 aliphatic rings. The van der Waals surface area contributed by atoms with Crippen LogP contribution in [-0.2, 0) is 12.8 Å². The van der Waals surface area contributed by atoms with Crippen molar-refractivity contribution in [3.05, 3.63) is 54.1 Å². The second kappa shape index (κ2) is 9.71. The predicted molar refractivity (Wildman–Crippen MR) is 96.9 cm³/mol. The van der Waals surface area contributed by atoms with Crippen LogP contribution in [0.4, 0.5) is 0 Å². The van der Waals surface area contributed by atoms with E-state index in [0.29, 0.717) is 6.04 Å². The zero-order chi connectivity index (χ0) is 14.5. The molecule has 1 unspecified atom stereocenters. The van der Waals surface area contributed by atoms with E-state index in [4.69, 9.17) is 4.74 Å². The molecule has 4 nitrogen and oxygen atoms in total. The van der Waals surface area contributed by atoms with E-state index < -0.39 is 0 Å². The molecule has 3 rings (SSSR count). The van der Waals surface area contributed by atoms with Crippen LogP contribution in [0.2, 0.25) is 0 Å². The van der Waals surface area contributed by atoms with Crippen molar-refractivity contribution in [1.29, 1.82) is 0 Å². The van der Waals surface area contributed by atoms with Gasteiger partial charge in [-0.05, 0) is 62.1 Å². The summed E-state index contributed by atoms with van der Waals surface area (Å²) in [4.78, 5) is 8.33. The van der Waals surface area contributed by atoms with Crippen LogP contribution in [0.3, 0.4) is 0 Å². The molecule has 0 amide bonds. The first kappa shape index (κ1) is 19.7. The lowest BCUT2D eigenvalue weighted by Crippen LogP contribution is -2.51. The number of ether oxygens (including phenoxy) is 1.